The average molecular weight is 447 g/mol. The minimum absolute atomic E-state index is 0.00493. The third-order valence-corrected chi connectivity index (χ3v) is 5.96. The predicted octanol–water partition coefficient (Wildman–Crippen LogP) is 3.72. The Hall–Kier alpha value is -3.01. The molecule has 32 heavy (non-hydrogen) atoms. The van der Waals surface area contributed by atoms with Gasteiger partial charge in [-0.05, 0) is 36.6 Å². The van der Waals surface area contributed by atoms with Crippen LogP contribution in [-0.2, 0) is 12.7 Å². The zero-order valence-electron chi connectivity index (χ0n) is 17.1. The van der Waals surface area contributed by atoms with Crippen molar-refractivity contribution in [2.45, 2.75) is 31.5 Å². The van der Waals surface area contributed by atoms with Crippen molar-refractivity contribution in [1.82, 2.24) is 24.4 Å². The van der Waals surface area contributed by atoms with E-state index in [1.54, 1.807) is 11.0 Å². The van der Waals surface area contributed by atoms with Gasteiger partial charge in [0.25, 0.3) is 5.91 Å². The van der Waals surface area contributed by atoms with Crippen molar-refractivity contribution in [2.75, 3.05) is 26.2 Å². The molecule has 0 radical (unpaired) electrons. The van der Waals surface area contributed by atoms with Gasteiger partial charge in [0.15, 0.2) is 5.65 Å². The van der Waals surface area contributed by atoms with Crippen molar-refractivity contribution in [1.29, 1.82) is 0 Å². The third-order valence-electron chi connectivity index (χ3n) is 5.96. The number of hydrogen-bond acceptors (Lipinski definition) is 4. The van der Waals surface area contributed by atoms with Crippen LogP contribution in [0, 0.1) is 5.82 Å². The molecule has 0 atom stereocenters. The molecule has 1 aliphatic heterocycles. The summed E-state index contributed by atoms with van der Waals surface area (Å²) in [6.07, 6.45) is -1.83. The Labute approximate surface area is 181 Å². The number of fused-ring (bicyclic) bond motifs is 1. The van der Waals surface area contributed by atoms with Crippen LogP contribution >= 0.6 is 0 Å². The summed E-state index contributed by atoms with van der Waals surface area (Å²) in [6.45, 7) is 2.56. The largest absolute Gasteiger partial charge is 0.433 e. The number of carbonyl (C=O) groups is 1. The van der Waals surface area contributed by atoms with E-state index in [-0.39, 0.29) is 28.9 Å². The molecule has 10 heteroatoms. The second kappa shape index (κ2) is 7.84. The smallest absolute Gasteiger partial charge is 0.336 e. The van der Waals surface area contributed by atoms with Gasteiger partial charge in [0.1, 0.15) is 17.1 Å². The number of hydrogen-bond donors (Lipinski definition) is 0. The van der Waals surface area contributed by atoms with E-state index in [2.05, 4.69) is 15.0 Å². The number of halogens is 4. The van der Waals surface area contributed by atoms with Gasteiger partial charge in [0.05, 0.1) is 6.20 Å². The van der Waals surface area contributed by atoms with Gasteiger partial charge in [-0.3, -0.25) is 9.69 Å². The van der Waals surface area contributed by atoms with Crippen molar-refractivity contribution < 1.29 is 22.4 Å². The fourth-order valence-corrected chi connectivity index (χ4v) is 4.10. The van der Waals surface area contributed by atoms with Gasteiger partial charge >= 0.3 is 6.18 Å². The van der Waals surface area contributed by atoms with Crippen LogP contribution in [-0.4, -0.2) is 56.5 Å². The van der Waals surface area contributed by atoms with Crippen LogP contribution in [0.3, 0.4) is 0 Å². The maximum Gasteiger partial charge on any atom is 0.433 e. The number of alkyl halides is 3. The maximum atomic E-state index is 13.6. The topological polar surface area (TPSA) is 53.7 Å². The Balaban J connectivity index is 1.35. The second-order valence-electron chi connectivity index (χ2n) is 8.33. The van der Waals surface area contributed by atoms with Crippen LogP contribution in [0.2, 0.25) is 0 Å². The minimum atomic E-state index is -4.60. The monoisotopic (exact) mass is 447 g/mol. The van der Waals surface area contributed by atoms with E-state index in [1.807, 2.05) is 6.07 Å². The predicted molar refractivity (Wildman–Crippen MR) is 108 cm³/mol. The summed E-state index contributed by atoms with van der Waals surface area (Å²) in [5.41, 5.74) is 0.331. The highest BCUT2D eigenvalue weighted by Crippen LogP contribution is 2.41. The summed E-state index contributed by atoms with van der Waals surface area (Å²) < 4.78 is 54.9. The molecule has 2 aromatic heterocycles. The van der Waals surface area contributed by atoms with E-state index in [0.29, 0.717) is 38.4 Å². The quantitative estimate of drug-likeness (QED) is 0.572. The van der Waals surface area contributed by atoms with Gasteiger partial charge in [-0.1, -0.05) is 12.1 Å². The highest BCUT2D eigenvalue weighted by Gasteiger charge is 2.38. The lowest BCUT2D eigenvalue weighted by Crippen LogP contribution is -2.48. The van der Waals surface area contributed by atoms with Crippen molar-refractivity contribution >= 4 is 11.6 Å². The van der Waals surface area contributed by atoms with Crippen LogP contribution in [0.4, 0.5) is 17.6 Å². The molecule has 2 aliphatic rings. The van der Waals surface area contributed by atoms with E-state index >= 15 is 0 Å². The van der Waals surface area contributed by atoms with Crippen molar-refractivity contribution in [2.24, 2.45) is 0 Å². The molecule has 1 aromatic carbocycles. The van der Waals surface area contributed by atoms with E-state index < -0.39 is 11.9 Å². The summed E-state index contributed by atoms with van der Waals surface area (Å²) in [4.78, 5) is 21.2. The molecule has 1 saturated carbocycles. The molecule has 0 N–H and O–H groups in total. The van der Waals surface area contributed by atoms with Crippen LogP contribution in [0.15, 0.2) is 36.5 Å². The van der Waals surface area contributed by atoms with E-state index in [1.165, 1.54) is 18.3 Å². The fourth-order valence-electron chi connectivity index (χ4n) is 4.10. The summed E-state index contributed by atoms with van der Waals surface area (Å²) in [5, 5.41) is 3.84. The molecule has 168 valence electrons. The summed E-state index contributed by atoms with van der Waals surface area (Å²) in [5.74, 6) is -0.662. The zero-order chi connectivity index (χ0) is 22.5. The molecule has 6 nitrogen and oxygen atoms in total. The van der Waals surface area contributed by atoms with Crippen LogP contribution in [0.25, 0.3) is 5.65 Å². The summed E-state index contributed by atoms with van der Waals surface area (Å²) in [7, 11) is 0. The first-order chi connectivity index (χ1) is 15.3. The fraction of sp³-hybridized carbons (Fsp3) is 0.409. The van der Waals surface area contributed by atoms with Gasteiger partial charge in [0, 0.05) is 44.3 Å². The number of piperazine rings is 1. The molecule has 3 heterocycles. The number of benzene rings is 1. The molecule has 0 spiro atoms. The lowest BCUT2D eigenvalue weighted by atomic mass is 10.2. The first kappa shape index (κ1) is 20.9. The molecule has 0 unspecified atom stereocenters. The van der Waals surface area contributed by atoms with Crippen molar-refractivity contribution in [3.05, 3.63) is 64.9 Å². The minimum Gasteiger partial charge on any atom is -0.336 e. The lowest BCUT2D eigenvalue weighted by molar-refractivity contribution is -0.142. The normalized spacial score (nSPS) is 17.8. The van der Waals surface area contributed by atoms with Crippen LogP contribution in [0.1, 0.15) is 46.1 Å². The number of rotatable bonds is 4. The molecule has 3 aromatic rings. The van der Waals surface area contributed by atoms with E-state index in [0.717, 1.165) is 29.0 Å². The number of amides is 1. The summed E-state index contributed by atoms with van der Waals surface area (Å²) >= 11 is 0. The number of carbonyl (C=O) groups excluding carboxylic acids is 1. The first-order valence-electron chi connectivity index (χ1n) is 10.5. The Morgan fingerprint density at radius 2 is 1.84 bits per heavy atom. The Morgan fingerprint density at radius 1 is 1.09 bits per heavy atom. The van der Waals surface area contributed by atoms with Gasteiger partial charge < -0.3 is 4.90 Å². The molecule has 2 fully saturated rings. The molecular formula is C22H21F4N5O. The Morgan fingerprint density at radius 3 is 2.50 bits per heavy atom. The highest BCUT2D eigenvalue weighted by atomic mass is 19.4. The standard InChI is InChI=1S/C22H21F4N5O/c23-16-3-1-2-14(10-16)13-29-6-8-30(9-7-29)21(32)17-12-27-31-19(22(24,25)26)11-18(15-4-5-15)28-20(17)31/h1-3,10-12,15H,4-9,13H2. The Bertz CT molecular complexity index is 1160. The highest BCUT2D eigenvalue weighted by molar-refractivity contribution is 5.99. The van der Waals surface area contributed by atoms with E-state index in [4.69, 9.17) is 0 Å². The van der Waals surface area contributed by atoms with Crippen LogP contribution in [0.5, 0.6) is 0 Å². The second-order valence-corrected chi connectivity index (χ2v) is 8.33. The zero-order valence-corrected chi connectivity index (χ0v) is 17.1. The molecule has 1 saturated heterocycles. The van der Waals surface area contributed by atoms with E-state index in [9.17, 15) is 22.4 Å². The molecular weight excluding hydrogens is 426 g/mol. The number of aromatic nitrogens is 3. The van der Waals surface area contributed by atoms with Gasteiger partial charge in [-0.25, -0.2) is 13.9 Å². The molecule has 1 aliphatic carbocycles. The SMILES string of the molecule is O=C(c1cnn2c(C(F)(F)F)cc(C3CC3)nc12)N1CCN(Cc2cccc(F)c2)CC1. The van der Waals surface area contributed by atoms with Gasteiger partial charge in [0.2, 0.25) is 0 Å². The lowest BCUT2D eigenvalue weighted by Gasteiger charge is -2.34. The number of nitrogens with zero attached hydrogens (tertiary/aromatic N) is 5. The summed E-state index contributed by atoms with van der Waals surface area (Å²) in [6, 6.07) is 7.42. The van der Waals surface area contributed by atoms with Gasteiger partial charge in [-0.15, -0.1) is 0 Å². The average Bonchev–Trinajstić information content (AvgIpc) is 3.52. The van der Waals surface area contributed by atoms with Crippen molar-refractivity contribution in [3.8, 4) is 0 Å². The van der Waals surface area contributed by atoms with Crippen LogP contribution < -0.4 is 0 Å². The van der Waals surface area contributed by atoms with Gasteiger partial charge in [-0.2, -0.15) is 18.3 Å². The Kier molecular flexibility index (Phi) is 5.11. The molecule has 5 rings (SSSR count). The van der Waals surface area contributed by atoms with Crippen molar-refractivity contribution in [3.63, 3.8) is 0 Å². The first-order valence-corrected chi connectivity index (χ1v) is 10.5. The molecule has 1 amide bonds. The maximum absolute atomic E-state index is 13.6. The molecule has 0 bridgehead atoms. The third kappa shape index (κ3) is 4.06.